The number of carboxylic acid groups (broad SMARTS) is 1. The molecule has 8 heteroatoms. The van der Waals surface area contributed by atoms with Gasteiger partial charge in [0.05, 0.1) is 22.4 Å². The summed E-state index contributed by atoms with van der Waals surface area (Å²) in [6.07, 6.45) is -0.110. The largest absolute Gasteiger partial charge is 0.488 e. The molecule has 2 atom stereocenters. The lowest BCUT2D eigenvalue weighted by Crippen LogP contribution is -2.29. The van der Waals surface area contributed by atoms with Gasteiger partial charge in [-0.25, -0.2) is 4.31 Å². The van der Waals surface area contributed by atoms with E-state index in [1.54, 1.807) is 37.1 Å². The second-order valence-corrected chi connectivity index (χ2v) is 10.9. The predicted octanol–water partition coefficient (Wildman–Crippen LogP) is 5.51. The maximum atomic E-state index is 12.8. The first-order valence-electron chi connectivity index (χ1n) is 12.7. The molecule has 2 unspecified atom stereocenters. The first kappa shape index (κ1) is 26.0. The Labute approximate surface area is 226 Å². The van der Waals surface area contributed by atoms with Crippen molar-refractivity contribution < 1.29 is 24.2 Å². The summed E-state index contributed by atoms with van der Waals surface area (Å²) < 4.78 is 8.38. The van der Waals surface area contributed by atoms with Crippen LogP contribution in [0.1, 0.15) is 69.2 Å². The lowest BCUT2D eigenvalue weighted by atomic mass is 9.85. The third kappa shape index (κ3) is 5.06. The van der Waals surface area contributed by atoms with Crippen molar-refractivity contribution in [1.82, 2.24) is 9.21 Å². The number of hydrogen-bond acceptors (Lipinski definition) is 6. The number of aliphatic carboxylic acids is 1. The Morgan fingerprint density at radius 3 is 2.53 bits per heavy atom. The van der Waals surface area contributed by atoms with Crippen LogP contribution in [0, 0.1) is 6.92 Å². The highest BCUT2D eigenvalue weighted by Crippen LogP contribution is 2.38. The molecule has 0 aromatic heterocycles. The van der Waals surface area contributed by atoms with Gasteiger partial charge in [0, 0.05) is 25.6 Å². The van der Waals surface area contributed by atoms with Crippen LogP contribution in [0.2, 0.25) is 0 Å². The molecule has 0 saturated heterocycles. The summed E-state index contributed by atoms with van der Waals surface area (Å²) in [4.78, 5) is 39.6. The van der Waals surface area contributed by atoms with Crippen molar-refractivity contribution >= 4 is 29.7 Å². The van der Waals surface area contributed by atoms with Gasteiger partial charge >= 0.3 is 5.97 Å². The Morgan fingerprint density at radius 2 is 1.76 bits per heavy atom. The molecular formula is C30H30N2O5S. The number of hydrogen-bond donors (Lipinski definition) is 1. The molecular weight excluding hydrogens is 500 g/mol. The van der Waals surface area contributed by atoms with E-state index in [9.17, 15) is 19.5 Å². The van der Waals surface area contributed by atoms with Gasteiger partial charge in [-0.15, -0.1) is 0 Å². The molecule has 2 aliphatic heterocycles. The predicted molar refractivity (Wildman–Crippen MR) is 146 cm³/mol. The van der Waals surface area contributed by atoms with Gasteiger partial charge in [0.2, 0.25) is 0 Å². The summed E-state index contributed by atoms with van der Waals surface area (Å²) in [5.41, 5.74) is 4.49. The molecule has 38 heavy (non-hydrogen) atoms. The number of carbonyl (C=O) groups is 3. The standard InChI is InChI=1S/C30H30N2O5S/c1-4-32-29(35)23-12-11-21(14-25(23)30(32)36)24(15-28(33)34)20-10-9-18(2)22(13-20)17-31-16-19(3)37-26-7-5-6-8-27(26)38-31/h5-14,19,24H,4,15-17H2,1-3H3,(H,33,34). The minimum atomic E-state index is -0.930. The molecule has 0 bridgehead atoms. The summed E-state index contributed by atoms with van der Waals surface area (Å²) >= 11 is 1.66. The zero-order valence-corrected chi connectivity index (χ0v) is 22.5. The molecule has 0 fully saturated rings. The molecule has 0 radical (unpaired) electrons. The van der Waals surface area contributed by atoms with Crippen LogP contribution in [-0.4, -0.2) is 51.3 Å². The number of carboxylic acids is 1. The number of aryl methyl sites for hydroxylation is 1. The van der Waals surface area contributed by atoms with E-state index in [-0.39, 0.29) is 24.3 Å². The first-order chi connectivity index (χ1) is 18.2. The van der Waals surface area contributed by atoms with Crippen LogP contribution in [-0.2, 0) is 11.3 Å². The number of nitrogens with zero attached hydrogens (tertiary/aromatic N) is 2. The zero-order chi connectivity index (χ0) is 27.0. The van der Waals surface area contributed by atoms with Crippen molar-refractivity contribution in [3.8, 4) is 5.75 Å². The molecule has 196 valence electrons. The van der Waals surface area contributed by atoms with Gasteiger partial charge in [0.1, 0.15) is 11.9 Å². The molecule has 2 aliphatic rings. The Morgan fingerprint density at radius 1 is 1.05 bits per heavy atom. The molecule has 0 saturated carbocycles. The van der Waals surface area contributed by atoms with Crippen LogP contribution in [0.4, 0.5) is 0 Å². The summed E-state index contributed by atoms with van der Waals surface area (Å²) in [6, 6.07) is 19.2. The van der Waals surface area contributed by atoms with E-state index in [4.69, 9.17) is 4.74 Å². The minimum absolute atomic E-state index is 0.0174. The summed E-state index contributed by atoms with van der Waals surface area (Å²) in [7, 11) is 0. The lowest BCUT2D eigenvalue weighted by molar-refractivity contribution is -0.137. The van der Waals surface area contributed by atoms with Crippen molar-refractivity contribution in [1.29, 1.82) is 0 Å². The summed E-state index contributed by atoms with van der Waals surface area (Å²) in [5.74, 6) is -1.15. The summed E-state index contributed by atoms with van der Waals surface area (Å²) in [5, 5.41) is 9.76. The van der Waals surface area contributed by atoms with Crippen LogP contribution in [0.3, 0.4) is 0 Å². The third-order valence-electron chi connectivity index (χ3n) is 7.08. The number of benzene rings is 3. The zero-order valence-electron chi connectivity index (χ0n) is 21.6. The highest BCUT2D eigenvalue weighted by Gasteiger charge is 2.35. The molecule has 0 aliphatic carbocycles. The molecule has 3 aromatic carbocycles. The number of ether oxygens (including phenoxy) is 1. The normalized spacial score (nSPS) is 18.0. The molecule has 2 heterocycles. The molecule has 2 amide bonds. The van der Waals surface area contributed by atoms with Gasteiger partial charge in [-0.2, -0.15) is 0 Å². The fraction of sp³-hybridized carbons (Fsp3) is 0.300. The number of fused-ring (bicyclic) bond motifs is 2. The average Bonchev–Trinajstić information content (AvgIpc) is 3.01. The number of imide groups is 1. The topological polar surface area (TPSA) is 87.2 Å². The first-order valence-corrected chi connectivity index (χ1v) is 13.5. The van der Waals surface area contributed by atoms with E-state index in [2.05, 4.69) is 30.3 Å². The number of amides is 2. The molecule has 0 spiro atoms. The van der Waals surface area contributed by atoms with Crippen LogP contribution in [0.15, 0.2) is 65.6 Å². The lowest BCUT2D eigenvalue weighted by Gasteiger charge is -2.23. The van der Waals surface area contributed by atoms with E-state index in [1.807, 2.05) is 30.3 Å². The van der Waals surface area contributed by atoms with Crippen LogP contribution >= 0.6 is 11.9 Å². The summed E-state index contributed by atoms with van der Waals surface area (Å²) in [6.45, 7) is 7.56. The van der Waals surface area contributed by atoms with Crippen LogP contribution < -0.4 is 4.74 Å². The Balaban J connectivity index is 1.47. The third-order valence-corrected chi connectivity index (χ3v) is 8.15. The Kier molecular flexibility index (Phi) is 7.27. The van der Waals surface area contributed by atoms with E-state index < -0.39 is 11.9 Å². The second-order valence-electron chi connectivity index (χ2n) is 9.78. The number of carbonyl (C=O) groups excluding carboxylic acids is 2. The van der Waals surface area contributed by atoms with Gasteiger partial charge in [-0.05, 0) is 79.2 Å². The van der Waals surface area contributed by atoms with Crippen molar-refractivity contribution in [3.05, 3.63) is 94.0 Å². The highest BCUT2D eigenvalue weighted by molar-refractivity contribution is 7.97. The van der Waals surface area contributed by atoms with Crippen LogP contribution in [0.5, 0.6) is 5.75 Å². The van der Waals surface area contributed by atoms with Gasteiger partial charge in [-0.3, -0.25) is 19.3 Å². The van der Waals surface area contributed by atoms with Gasteiger partial charge in [0.25, 0.3) is 11.8 Å². The average molecular weight is 531 g/mol. The second kappa shape index (κ2) is 10.6. The molecule has 7 nitrogen and oxygen atoms in total. The Bertz CT molecular complexity index is 1420. The van der Waals surface area contributed by atoms with Crippen molar-refractivity contribution in [2.75, 3.05) is 13.1 Å². The Hall–Kier alpha value is -3.62. The van der Waals surface area contributed by atoms with E-state index in [0.717, 1.165) is 33.9 Å². The van der Waals surface area contributed by atoms with E-state index in [1.165, 1.54) is 4.90 Å². The molecule has 3 aromatic rings. The fourth-order valence-electron chi connectivity index (χ4n) is 5.12. The van der Waals surface area contributed by atoms with Crippen molar-refractivity contribution in [3.63, 3.8) is 0 Å². The van der Waals surface area contributed by atoms with Gasteiger partial charge in [-0.1, -0.05) is 36.4 Å². The number of para-hydroxylation sites is 1. The van der Waals surface area contributed by atoms with Gasteiger partial charge in [0.15, 0.2) is 0 Å². The van der Waals surface area contributed by atoms with E-state index in [0.29, 0.717) is 29.8 Å². The monoisotopic (exact) mass is 530 g/mol. The maximum absolute atomic E-state index is 12.8. The number of rotatable bonds is 7. The van der Waals surface area contributed by atoms with Crippen LogP contribution in [0.25, 0.3) is 0 Å². The molecule has 1 N–H and O–H groups in total. The highest BCUT2D eigenvalue weighted by atomic mass is 32.2. The maximum Gasteiger partial charge on any atom is 0.304 e. The molecule has 5 rings (SSSR count). The smallest absolute Gasteiger partial charge is 0.304 e. The van der Waals surface area contributed by atoms with Gasteiger partial charge < -0.3 is 9.84 Å². The van der Waals surface area contributed by atoms with Crippen molar-refractivity contribution in [2.24, 2.45) is 0 Å². The minimum Gasteiger partial charge on any atom is -0.488 e. The SMILES string of the molecule is CCN1C(=O)c2ccc(C(CC(=O)O)c3ccc(C)c(CN4CC(C)Oc5ccccc5S4)c3)cc2C1=O. The fourth-order valence-corrected chi connectivity index (χ4v) is 6.23. The van der Waals surface area contributed by atoms with E-state index >= 15 is 0 Å². The quantitative estimate of drug-likeness (QED) is 0.318. The van der Waals surface area contributed by atoms with Crippen molar-refractivity contribution in [2.45, 2.75) is 50.7 Å².